The van der Waals surface area contributed by atoms with Gasteiger partial charge in [0.1, 0.15) is 10.9 Å². The predicted molar refractivity (Wildman–Crippen MR) is 118 cm³/mol. The maximum absolute atomic E-state index is 13.2. The van der Waals surface area contributed by atoms with E-state index in [0.29, 0.717) is 22.0 Å². The zero-order valence-corrected chi connectivity index (χ0v) is 19.3. The van der Waals surface area contributed by atoms with Gasteiger partial charge in [-0.1, -0.05) is 44.0 Å². The summed E-state index contributed by atoms with van der Waals surface area (Å²) in [4.78, 5) is 27.4. The van der Waals surface area contributed by atoms with Crippen molar-refractivity contribution in [2.24, 2.45) is 0 Å². The number of rotatable bonds is 2. The summed E-state index contributed by atoms with van der Waals surface area (Å²) in [5, 5.41) is 0.571. The third-order valence-corrected chi connectivity index (χ3v) is 7.13. The molecule has 8 heteroatoms. The fourth-order valence-corrected chi connectivity index (χ4v) is 5.90. The Balaban J connectivity index is 1.74. The van der Waals surface area contributed by atoms with Crippen molar-refractivity contribution in [3.8, 4) is 0 Å². The Hall–Kier alpha value is -1.09. The van der Waals surface area contributed by atoms with Crippen LogP contribution in [0, 0.1) is 0 Å². The maximum Gasteiger partial charge on any atom is 0.349 e. The van der Waals surface area contributed by atoms with Crippen LogP contribution in [0.2, 0.25) is 0 Å². The number of carbonyl (C=O) groups excluding carboxylic acids is 1. The second-order valence-electron chi connectivity index (χ2n) is 6.03. The molecule has 0 aliphatic carbocycles. The molecular formula is C19H12Br3NO3S. The first kappa shape index (κ1) is 19.2. The van der Waals surface area contributed by atoms with E-state index in [4.69, 9.17) is 4.42 Å². The van der Waals surface area contributed by atoms with E-state index in [9.17, 15) is 9.59 Å². The van der Waals surface area contributed by atoms with Crippen LogP contribution >= 0.6 is 59.6 Å². The largest absolute Gasteiger partial charge is 0.421 e. The van der Waals surface area contributed by atoms with Crippen molar-refractivity contribution in [2.45, 2.75) is 5.37 Å². The number of carbonyl (C=O) groups is 1. The molecule has 4 rings (SSSR count). The van der Waals surface area contributed by atoms with Gasteiger partial charge in [-0.05, 0) is 51.8 Å². The van der Waals surface area contributed by atoms with Crippen molar-refractivity contribution >= 4 is 76.4 Å². The molecule has 1 saturated heterocycles. The highest BCUT2D eigenvalue weighted by atomic mass is 79.9. The van der Waals surface area contributed by atoms with Crippen LogP contribution in [0.3, 0.4) is 0 Å². The first-order valence-corrected chi connectivity index (χ1v) is 11.5. The molecule has 1 fully saturated rings. The van der Waals surface area contributed by atoms with Gasteiger partial charge in [0.05, 0.1) is 4.47 Å². The highest BCUT2D eigenvalue weighted by molar-refractivity contribution is 9.11. The fraction of sp³-hybridized carbons (Fsp3) is 0.158. The first-order chi connectivity index (χ1) is 12.9. The van der Waals surface area contributed by atoms with Crippen LogP contribution in [0.4, 0.5) is 0 Å². The monoisotopic (exact) mass is 571 g/mol. The fourth-order valence-electron chi connectivity index (χ4n) is 3.04. The average Bonchev–Trinajstić information content (AvgIpc) is 3.11. The zero-order chi connectivity index (χ0) is 19.1. The minimum Gasteiger partial charge on any atom is -0.421 e. The van der Waals surface area contributed by atoms with Gasteiger partial charge in [0, 0.05) is 26.6 Å². The normalized spacial score (nSPS) is 16.9. The summed E-state index contributed by atoms with van der Waals surface area (Å²) >= 11 is 11.9. The molecule has 1 atom stereocenters. The second-order valence-corrected chi connectivity index (χ2v) is 9.90. The number of hydrogen-bond donors (Lipinski definition) is 0. The molecule has 3 aromatic rings. The van der Waals surface area contributed by atoms with Gasteiger partial charge in [-0.25, -0.2) is 4.79 Å². The minimum absolute atomic E-state index is 0.0529. The highest BCUT2D eigenvalue weighted by Crippen LogP contribution is 2.39. The molecule has 0 saturated carbocycles. The number of nitrogens with zero attached hydrogens (tertiary/aromatic N) is 1. The Kier molecular flexibility index (Phi) is 5.51. The number of fused-ring (bicyclic) bond motifs is 1. The topological polar surface area (TPSA) is 50.5 Å². The Morgan fingerprint density at radius 3 is 2.56 bits per heavy atom. The average molecular weight is 574 g/mol. The van der Waals surface area contributed by atoms with Gasteiger partial charge in [0.15, 0.2) is 5.58 Å². The van der Waals surface area contributed by atoms with Crippen molar-refractivity contribution in [3.05, 3.63) is 77.4 Å². The lowest BCUT2D eigenvalue weighted by Gasteiger charge is -2.24. The molecule has 1 aliphatic heterocycles. The van der Waals surface area contributed by atoms with Crippen LogP contribution in [0.1, 0.15) is 21.3 Å². The van der Waals surface area contributed by atoms with E-state index in [1.54, 1.807) is 28.8 Å². The lowest BCUT2D eigenvalue weighted by atomic mass is 10.1. The second kappa shape index (κ2) is 7.73. The number of amides is 1. The smallest absolute Gasteiger partial charge is 0.349 e. The lowest BCUT2D eigenvalue weighted by Crippen LogP contribution is -2.33. The molecule has 2 heterocycles. The Morgan fingerprint density at radius 2 is 1.81 bits per heavy atom. The molecule has 2 aromatic carbocycles. The third kappa shape index (κ3) is 3.77. The molecule has 4 nitrogen and oxygen atoms in total. The van der Waals surface area contributed by atoms with Crippen LogP contribution < -0.4 is 5.63 Å². The number of thioether (sulfide) groups is 1. The Morgan fingerprint density at radius 1 is 1.07 bits per heavy atom. The van der Waals surface area contributed by atoms with E-state index in [1.165, 1.54) is 0 Å². The van der Waals surface area contributed by atoms with Gasteiger partial charge >= 0.3 is 5.63 Å². The van der Waals surface area contributed by atoms with E-state index in [-0.39, 0.29) is 16.8 Å². The molecule has 1 aromatic heterocycles. The summed E-state index contributed by atoms with van der Waals surface area (Å²) in [5.41, 5.74) is 0.892. The molecule has 138 valence electrons. The SMILES string of the molecule is O=C(c1cc2cc(Br)cc(Br)c2oc1=O)N1CCSC1c1ccc(Br)cc1. The summed E-state index contributed by atoms with van der Waals surface area (Å²) in [5.74, 6) is 0.516. The maximum atomic E-state index is 13.2. The molecule has 27 heavy (non-hydrogen) atoms. The molecule has 0 N–H and O–H groups in total. The predicted octanol–water partition coefficient (Wildman–Crippen LogP) is 5.97. The molecule has 1 unspecified atom stereocenters. The van der Waals surface area contributed by atoms with E-state index < -0.39 is 5.63 Å². The number of halogens is 3. The van der Waals surface area contributed by atoms with Gasteiger partial charge < -0.3 is 9.32 Å². The van der Waals surface area contributed by atoms with Gasteiger partial charge in [0.2, 0.25) is 0 Å². The van der Waals surface area contributed by atoms with E-state index >= 15 is 0 Å². The van der Waals surface area contributed by atoms with Crippen molar-refractivity contribution in [3.63, 3.8) is 0 Å². The third-order valence-electron chi connectivity index (χ3n) is 4.29. The van der Waals surface area contributed by atoms with Crippen LogP contribution in [-0.4, -0.2) is 23.1 Å². The molecule has 1 amide bonds. The molecule has 0 spiro atoms. The standard InChI is InChI=1S/C19H12Br3NO3S/c20-12-3-1-10(2-4-12)18-23(5-6-27-18)17(24)14-8-11-7-13(21)9-15(22)16(11)26-19(14)25/h1-4,7-9,18H,5-6H2. The summed E-state index contributed by atoms with van der Waals surface area (Å²) in [6, 6.07) is 13.1. The first-order valence-electron chi connectivity index (χ1n) is 8.05. The van der Waals surface area contributed by atoms with Crippen molar-refractivity contribution in [1.29, 1.82) is 0 Å². The summed E-state index contributed by atoms with van der Waals surface area (Å²) in [6.07, 6.45) is 0. The van der Waals surface area contributed by atoms with Crippen molar-refractivity contribution < 1.29 is 9.21 Å². The van der Waals surface area contributed by atoms with Crippen LogP contribution in [-0.2, 0) is 0 Å². The van der Waals surface area contributed by atoms with Gasteiger partial charge in [-0.15, -0.1) is 11.8 Å². The van der Waals surface area contributed by atoms with Gasteiger partial charge in [-0.2, -0.15) is 0 Å². The Bertz CT molecular complexity index is 1100. The Labute approximate surface area is 184 Å². The van der Waals surface area contributed by atoms with Crippen LogP contribution in [0.25, 0.3) is 11.0 Å². The van der Waals surface area contributed by atoms with E-state index in [1.807, 2.05) is 30.3 Å². The molecule has 0 radical (unpaired) electrons. The number of benzene rings is 2. The van der Waals surface area contributed by atoms with Crippen molar-refractivity contribution in [2.75, 3.05) is 12.3 Å². The van der Waals surface area contributed by atoms with Gasteiger partial charge in [-0.3, -0.25) is 4.79 Å². The van der Waals surface area contributed by atoms with E-state index in [0.717, 1.165) is 20.3 Å². The van der Waals surface area contributed by atoms with Crippen molar-refractivity contribution in [1.82, 2.24) is 4.90 Å². The summed E-state index contributed by atoms with van der Waals surface area (Å²) in [6.45, 7) is 0.587. The molecule has 0 bridgehead atoms. The van der Waals surface area contributed by atoms with Crippen LogP contribution in [0.5, 0.6) is 0 Å². The summed E-state index contributed by atoms with van der Waals surface area (Å²) < 4.78 is 7.91. The summed E-state index contributed by atoms with van der Waals surface area (Å²) in [7, 11) is 0. The molecular weight excluding hydrogens is 562 g/mol. The number of hydrogen-bond acceptors (Lipinski definition) is 4. The van der Waals surface area contributed by atoms with Crippen LogP contribution in [0.15, 0.2) is 65.1 Å². The van der Waals surface area contributed by atoms with Gasteiger partial charge in [0.25, 0.3) is 5.91 Å². The quantitative estimate of drug-likeness (QED) is 0.355. The van der Waals surface area contributed by atoms with E-state index in [2.05, 4.69) is 47.8 Å². The molecule has 1 aliphatic rings. The minimum atomic E-state index is -0.623. The highest BCUT2D eigenvalue weighted by Gasteiger charge is 2.33. The lowest BCUT2D eigenvalue weighted by molar-refractivity contribution is 0.0756. The zero-order valence-electron chi connectivity index (χ0n) is 13.7.